The Hall–Kier alpha value is -2.20. The van der Waals surface area contributed by atoms with Crippen molar-refractivity contribution >= 4 is 23.7 Å². The summed E-state index contributed by atoms with van der Waals surface area (Å²) in [6.45, 7) is 11.8. The molecule has 0 radical (unpaired) electrons. The van der Waals surface area contributed by atoms with Crippen LogP contribution in [0.25, 0.3) is 0 Å². The summed E-state index contributed by atoms with van der Waals surface area (Å²) in [6, 6.07) is -4.26. The lowest BCUT2D eigenvalue weighted by atomic mass is 9.95. The van der Waals surface area contributed by atoms with Crippen LogP contribution in [-0.2, 0) is 19.2 Å². The smallest absolute Gasteiger partial charge is 0.326 e. The molecule has 0 saturated carbocycles. The van der Waals surface area contributed by atoms with Crippen molar-refractivity contribution in [1.29, 1.82) is 0 Å². The second kappa shape index (κ2) is 12.5. The van der Waals surface area contributed by atoms with Crippen LogP contribution in [0.15, 0.2) is 0 Å². The first-order chi connectivity index (χ1) is 13.7. The van der Waals surface area contributed by atoms with Crippen molar-refractivity contribution in [2.75, 3.05) is 0 Å². The van der Waals surface area contributed by atoms with Gasteiger partial charge in [-0.1, -0.05) is 48.0 Å². The molecule has 10 nitrogen and oxygen atoms in total. The first-order valence-electron chi connectivity index (χ1n) is 10.3. The molecule has 3 amide bonds. The van der Waals surface area contributed by atoms with E-state index in [0.717, 1.165) is 0 Å². The van der Waals surface area contributed by atoms with Gasteiger partial charge in [0.15, 0.2) is 0 Å². The van der Waals surface area contributed by atoms with Gasteiger partial charge in [-0.05, 0) is 24.7 Å². The van der Waals surface area contributed by atoms with Crippen molar-refractivity contribution in [3.63, 3.8) is 0 Å². The Morgan fingerprint density at radius 1 is 0.767 bits per heavy atom. The number of carbonyl (C=O) groups is 4. The Morgan fingerprint density at radius 3 is 1.53 bits per heavy atom. The van der Waals surface area contributed by atoms with E-state index in [1.165, 1.54) is 6.92 Å². The average Bonchev–Trinajstić information content (AvgIpc) is 2.65. The first-order valence-corrected chi connectivity index (χ1v) is 10.3. The standard InChI is InChI=1S/C20H38N4O6/c1-8-11(6)16(24-17(26)13(21)12(7)25)19(28)22-14(9(2)3)18(27)23-15(10(4)5)20(29)30/h9-16,25H,8,21H2,1-7H3,(H,22,28)(H,23,27)(H,24,26)(H,29,30). The summed E-state index contributed by atoms with van der Waals surface area (Å²) in [6.07, 6.45) is -0.529. The molecule has 7 N–H and O–H groups in total. The summed E-state index contributed by atoms with van der Waals surface area (Å²) >= 11 is 0. The number of carbonyl (C=O) groups excluding carboxylic acids is 3. The third kappa shape index (κ3) is 8.27. The molecular weight excluding hydrogens is 392 g/mol. The van der Waals surface area contributed by atoms with Crippen LogP contribution in [0.5, 0.6) is 0 Å². The molecular formula is C20H38N4O6. The van der Waals surface area contributed by atoms with Crippen molar-refractivity contribution < 1.29 is 29.4 Å². The molecule has 30 heavy (non-hydrogen) atoms. The molecule has 6 atom stereocenters. The average molecular weight is 431 g/mol. The molecule has 0 fully saturated rings. The highest BCUT2D eigenvalue weighted by molar-refractivity contribution is 5.94. The van der Waals surface area contributed by atoms with Crippen molar-refractivity contribution in [3.8, 4) is 0 Å². The Kier molecular flexibility index (Phi) is 11.6. The van der Waals surface area contributed by atoms with Gasteiger partial charge in [0.05, 0.1) is 6.10 Å². The van der Waals surface area contributed by atoms with Crippen LogP contribution < -0.4 is 21.7 Å². The Balaban J connectivity index is 5.49. The van der Waals surface area contributed by atoms with Crippen LogP contribution >= 0.6 is 0 Å². The van der Waals surface area contributed by atoms with Crippen molar-refractivity contribution in [1.82, 2.24) is 16.0 Å². The zero-order chi connectivity index (χ0) is 23.8. The largest absolute Gasteiger partial charge is 0.480 e. The molecule has 174 valence electrons. The molecule has 0 aliphatic heterocycles. The van der Waals surface area contributed by atoms with E-state index in [1.54, 1.807) is 34.6 Å². The summed E-state index contributed by atoms with van der Waals surface area (Å²) in [5, 5.41) is 26.5. The molecule has 0 aromatic rings. The fourth-order valence-electron chi connectivity index (χ4n) is 2.71. The quantitative estimate of drug-likeness (QED) is 0.244. The highest BCUT2D eigenvalue weighted by atomic mass is 16.4. The number of amides is 3. The van der Waals surface area contributed by atoms with Gasteiger partial charge in [0, 0.05) is 0 Å². The number of nitrogens with two attached hydrogens (primary N) is 1. The molecule has 0 aliphatic rings. The maximum Gasteiger partial charge on any atom is 0.326 e. The van der Waals surface area contributed by atoms with E-state index in [-0.39, 0.29) is 17.8 Å². The zero-order valence-electron chi connectivity index (χ0n) is 18.9. The summed E-state index contributed by atoms with van der Waals surface area (Å²) in [4.78, 5) is 49.2. The van der Waals surface area contributed by atoms with Gasteiger partial charge in [-0.3, -0.25) is 14.4 Å². The third-order valence-corrected chi connectivity index (χ3v) is 5.09. The summed E-state index contributed by atoms with van der Waals surface area (Å²) in [7, 11) is 0. The SMILES string of the molecule is CCC(C)C(NC(=O)C(N)C(C)O)C(=O)NC(C(=O)NC(C(=O)O)C(C)C)C(C)C. The molecule has 0 rings (SSSR count). The lowest BCUT2D eigenvalue weighted by molar-refractivity contribution is -0.144. The number of aliphatic hydroxyl groups is 1. The molecule has 0 spiro atoms. The van der Waals surface area contributed by atoms with Gasteiger partial charge in [0.1, 0.15) is 24.2 Å². The van der Waals surface area contributed by atoms with E-state index in [2.05, 4.69) is 16.0 Å². The van der Waals surface area contributed by atoms with Crippen LogP contribution in [0, 0.1) is 17.8 Å². The van der Waals surface area contributed by atoms with Crippen LogP contribution in [0.2, 0.25) is 0 Å². The first kappa shape index (κ1) is 27.8. The number of hydrogen-bond acceptors (Lipinski definition) is 6. The van der Waals surface area contributed by atoms with E-state index < -0.39 is 54.0 Å². The number of rotatable bonds is 12. The number of nitrogens with one attached hydrogen (secondary N) is 3. The molecule has 6 unspecified atom stereocenters. The predicted molar refractivity (Wildman–Crippen MR) is 112 cm³/mol. The maximum absolute atomic E-state index is 12.9. The van der Waals surface area contributed by atoms with Crippen molar-refractivity contribution in [2.45, 2.75) is 85.2 Å². The van der Waals surface area contributed by atoms with E-state index in [9.17, 15) is 29.4 Å². The Labute approximate surface area is 178 Å². The third-order valence-electron chi connectivity index (χ3n) is 5.09. The number of aliphatic carboxylic acids is 1. The van der Waals surface area contributed by atoms with Crippen molar-refractivity contribution in [3.05, 3.63) is 0 Å². The van der Waals surface area contributed by atoms with Crippen LogP contribution in [-0.4, -0.2) is 64.2 Å². The highest BCUT2D eigenvalue weighted by Gasteiger charge is 2.34. The minimum Gasteiger partial charge on any atom is -0.480 e. The summed E-state index contributed by atoms with van der Waals surface area (Å²) in [5.41, 5.74) is 5.65. The number of carboxylic acids is 1. The predicted octanol–water partition coefficient (Wildman–Crippen LogP) is -0.408. The topological polar surface area (TPSA) is 171 Å². The monoisotopic (exact) mass is 430 g/mol. The second-order valence-corrected chi connectivity index (χ2v) is 8.44. The van der Waals surface area contributed by atoms with Gasteiger partial charge in [-0.15, -0.1) is 0 Å². The maximum atomic E-state index is 12.9. The molecule has 0 aromatic carbocycles. The zero-order valence-corrected chi connectivity index (χ0v) is 18.9. The van der Waals surface area contributed by atoms with Gasteiger partial charge >= 0.3 is 5.97 Å². The molecule has 0 saturated heterocycles. The fraction of sp³-hybridized carbons (Fsp3) is 0.800. The van der Waals surface area contributed by atoms with Gasteiger partial charge < -0.3 is 31.9 Å². The lowest BCUT2D eigenvalue weighted by Gasteiger charge is -2.30. The minimum atomic E-state index is -1.20. The highest BCUT2D eigenvalue weighted by Crippen LogP contribution is 2.11. The van der Waals surface area contributed by atoms with E-state index in [1.807, 2.05) is 6.92 Å². The molecule has 0 heterocycles. The lowest BCUT2D eigenvalue weighted by Crippen LogP contribution is -2.60. The number of carboxylic acid groups (broad SMARTS) is 1. The number of hydrogen-bond donors (Lipinski definition) is 6. The van der Waals surface area contributed by atoms with Crippen molar-refractivity contribution in [2.24, 2.45) is 23.5 Å². The molecule has 0 aromatic heterocycles. The van der Waals surface area contributed by atoms with Crippen LogP contribution in [0.4, 0.5) is 0 Å². The van der Waals surface area contributed by atoms with E-state index in [0.29, 0.717) is 6.42 Å². The number of aliphatic hydroxyl groups excluding tert-OH is 1. The van der Waals surface area contributed by atoms with Gasteiger partial charge in [0.2, 0.25) is 17.7 Å². The molecule has 10 heteroatoms. The fourth-order valence-corrected chi connectivity index (χ4v) is 2.71. The van der Waals surface area contributed by atoms with Gasteiger partial charge in [-0.25, -0.2) is 4.79 Å². The van der Waals surface area contributed by atoms with E-state index in [4.69, 9.17) is 5.73 Å². The Bertz CT molecular complexity index is 608. The van der Waals surface area contributed by atoms with Crippen LogP contribution in [0.1, 0.15) is 54.9 Å². The molecule has 0 aliphatic carbocycles. The summed E-state index contributed by atoms with van der Waals surface area (Å²) in [5.74, 6) is -3.98. The summed E-state index contributed by atoms with van der Waals surface area (Å²) < 4.78 is 0. The Morgan fingerprint density at radius 2 is 1.17 bits per heavy atom. The second-order valence-electron chi connectivity index (χ2n) is 8.44. The van der Waals surface area contributed by atoms with Gasteiger partial charge in [-0.2, -0.15) is 0 Å². The van der Waals surface area contributed by atoms with Crippen LogP contribution in [0.3, 0.4) is 0 Å². The van der Waals surface area contributed by atoms with E-state index >= 15 is 0 Å². The normalized spacial score (nSPS) is 17.4. The molecule has 0 bridgehead atoms. The minimum absolute atomic E-state index is 0.270. The van der Waals surface area contributed by atoms with Gasteiger partial charge in [0.25, 0.3) is 0 Å².